The molecule has 5 nitrogen and oxygen atoms in total. The van der Waals surface area contributed by atoms with E-state index < -0.39 is 0 Å². The molecule has 0 saturated heterocycles. The number of aromatic nitrogens is 5. The Bertz CT molecular complexity index is 2370. The highest BCUT2D eigenvalue weighted by atomic mass is 15.2. The van der Waals surface area contributed by atoms with Crippen molar-refractivity contribution in [2.45, 2.75) is 19.3 Å². The first kappa shape index (κ1) is 26.5. The van der Waals surface area contributed by atoms with Gasteiger partial charge in [0.25, 0.3) is 0 Å². The number of benzene rings is 5. The first-order valence-corrected chi connectivity index (χ1v) is 15.6. The van der Waals surface area contributed by atoms with Crippen molar-refractivity contribution in [2.75, 3.05) is 0 Å². The standard InChI is InChI=1S/C41H29N5/c1-41(2)31-21-13-12-20-29(31)30-22-23-34-36(37(30)41)38-35(25-42-39(45-38)28-18-10-5-11-19-28)46(34)40-43-32(26-14-6-3-7-15-26)24-33(44-40)27-16-8-4-9-17-27/h3-25H,1-2H3. The summed E-state index contributed by atoms with van der Waals surface area (Å²) in [4.78, 5) is 20.6. The maximum absolute atomic E-state index is 5.30. The van der Waals surface area contributed by atoms with Crippen LogP contribution in [0.3, 0.4) is 0 Å². The maximum atomic E-state index is 5.30. The number of rotatable bonds is 4. The molecule has 218 valence electrons. The van der Waals surface area contributed by atoms with E-state index in [0.29, 0.717) is 11.8 Å². The summed E-state index contributed by atoms with van der Waals surface area (Å²) < 4.78 is 2.15. The average Bonchev–Trinajstić information content (AvgIpc) is 3.57. The molecule has 0 radical (unpaired) electrons. The van der Waals surface area contributed by atoms with Crippen molar-refractivity contribution in [3.63, 3.8) is 0 Å². The molecule has 9 rings (SSSR count). The third-order valence-electron chi connectivity index (χ3n) is 9.27. The SMILES string of the molecule is CC1(C)c2ccccc2-c2ccc3c(c21)c1nc(-c2ccccc2)ncc1n3-c1nc(-c2ccccc2)cc(-c2ccccc2)n1. The highest BCUT2D eigenvalue weighted by molar-refractivity contribution is 6.12. The lowest BCUT2D eigenvalue weighted by molar-refractivity contribution is 0.666. The maximum Gasteiger partial charge on any atom is 0.235 e. The minimum absolute atomic E-state index is 0.232. The summed E-state index contributed by atoms with van der Waals surface area (Å²) in [5.41, 5.74) is 12.4. The molecular formula is C41H29N5. The predicted molar refractivity (Wildman–Crippen MR) is 186 cm³/mol. The van der Waals surface area contributed by atoms with Crippen molar-refractivity contribution < 1.29 is 0 Å². The zero-order valence-corrected chi connectivity index (χ0v) is 25.5. The highest BCUT2D eigenvalue weighted by Gasteiger charge is 2.38. The highest BCUT2D eigenvalue weighted by Crippen LogP contribution is 2.53. The Morgan fingerprint density at radius 1 is 0.543 bits per heavy atom. The number of hydrogen-bond acceptors (Lipinski definition) is 4. The Morgan fingerprint density at radius 3 is 1.78 bits per heavy atom. The summed E-state index contributed by atoms with van der Waals surface area (Å²) >= 11 is 0. The largest absolute Gasteiger partial charge is 0.275 e. The van der Waals surface area contributed by atoms with E-state index in [2.05, 4.69) is 97.3 Å². The van der Waals surface area contributed by atoms with Gasteiger partial charge in [-0.05, 0) is 34.4 Å². The zero-order valence-electron chi connectivity index (χ0n) is 25.5. The van der Waals surface area contributed by atoms with Crippen molar-refractivity contribution >= 4 is 21.9 Å². The topological polar surface area (TPSA) is 56.5 Å². The monoisotopic (exact) mass is 591 g/mol. The third kappa shape index (κ3) is 3.95. The lowest BCUT2D eigenvalue weighted by Gasteiger charge is -2.22. The van der Waals surface area contributed by atoms with E-state index in [-0.39, 0.29) is 5.41 Å². The molecule has 1 aliphatic carbocycles. The van der Waals surface area contributed by atoms with Crippen LogP contribution in [0.25, 0.3) is 72.9 Å². The van der Waals surface area contributed by atoms with Crippen LogP contribution in [0, 0.1) is 0 Å². The smallest absolute Gasteiger partial charge is 0.235 e. The molecule has 0 N–H and O–H groups in total. The second kappa shape index (κ2) is 10.0. The van der Waals surface area contributed by atoms with Gasteiger partial charge in [0.05, 0.1) is 28.6 Å². The molecule has 0 saturated carbocycles. The van der Waals surface area contributed by atoms with Crippen LogP contribution in [0.4, 0.5) is 0 Å². The fourth-order valence-corrected chi connectivity index (χ4v) is 7.13. The first-order valence-electron chi connectivity index (χ1n) is 15.6. The summed E-state index contributed by atoms with van der Waals surface area (Å²) in [6.45, 7) is 4.64. The van der Waals surface area contributed by atoms with Crippen LogP contribution in [-0.2, 0) is 5.41 Å². The zero-order chi connectivity index (χ0) is 30.8. The van der Waals surface area contributed by atoms with Crippen molar-refractivity contribution in [1.82, 2.24) is 24.5 Å². The fourth-order valence-electron chi connectivity index (χ4n) is 7.13. The molecule has 0 unspecified atom stereocenters. The van der Waals surface area contributed by atoms with Crippen LogP contribution in [0.15, 0.2) is 140 Å². The second-order valence-electron chi connectivity index (χ2n) is 12.4. The Hall–Kier alpha value is -5.94. The Balaban J connectivity index is 1.40. The normalized spacial score (nSPS) is 13.2. The van der Waals surface area contributed by atoms with Crippen LogP contribution >= 0.6 is 0 Å². The molecule has 5 aromatic carbocycles. The van der Waals surface area contributed by atoms with Crippen LogP contribution in [-0.4, -0.2) is 24.5 Å². The molecular weight excluding hydrogens is 562 g/mol. The van der Waals surface area contributed by atoms with Gasteiger partial charge in [-0.1, -0.05) is 135 Å². The van der Waals surface area contributed by atoms with E-state index in [4.69, 9.17) is 19.9 Å². The van der Waals surface area contributed by atoms with Crippen molar-refractivity contribution in [3.05, 3.63) is 151 Å². The van der Waals surface area contributed by atoms with E-state index in [1.165, 1.54) is 22.3 Å². The molecule has 3 heterocycles. The van der Waals surface area contributed by atoms with Gasteiger partial charge in [-0.2, -0.15) is 0 Å². The van der Waals surface area contributed by atoms with Gasteiger partial charge in [-0.25, -0.2) is 19.9 Å². The van der Waals surface area contributed by atoms with Gasteiger partial charge >= 0.3 is 0 Å². The van der Waals surface area contributed by atoms with Crippen LogP contribution in [0.2, 0.25) is 0 Å². The molecule has 46 heavy (non-hydrogen) atoms. The van der Waals surface area contributed by atoms with Crippen molar-refractivity contribution in [1.29, 1.82) is 0 Å². The van der Waals surface area contributed by atoms with Gasteiger partial charge in [-0.15, -0.1) is 0 Å². The summed E-state index contributed by atoms with van der Waals surface area (Å²) in [6.07, 6.45) is 1.94. The summed E-state index contributed by atoms with van der Waals surface area (Å²) in [7, 11) is 0. The molecule has 0 bridgehead atoms. The molecule has 0 fully saturated rings. The van der Waals surface area contributed by atoms with Gasteiger partial charge in [0.1, 0.15) is 5.52 Å². The fraction of sp³-hybridized carbons (Fsp3) is 0.0732. The van der Waals surface area contributed by atoms with E-state index in [9.17, 15) is 0 Å². The average molecular weight is 592 g/mol. The first-order chi connectivity index (χ1) is 22.6. The summed E-state index contributed by atoms with van der Waals surface area (Å²) in [5.74, 6) is 1.28. The molecule has 5 heteroatoms. The van der Waals surface area contributed by atoms with Gasteiger partial charge in [0.15, 0.2) is 5.82 Å². The van der Waals surface area contributed by atoms with Crippen molar-refractivity contribution in [3.8, 4) is 51.0 Å². The molecule has 8 aromatic rings. The predicted octanol–water partition coefficient (Wildman–Crippen LogP) is 9.67. The van der Waals surface area contributed by atoms with Gasteiger partial charge < -0.3 is 0 Å². The Labute approximate surface area is 266 Å². The molecule has 0 aliphatic heterocycles. The molecule has 1 aliphatic rings. The van der Waals surface area contributed by atoms with E-state index in [1.54, 1.807) is 0 Å². The van der Waals surface area contributed by atoms with E-state index in [1.807, 2.05) is 60.8 Å². The lowest BCUT2D eigenvalue weighted by atomic mass is 9.81. The minimum Gasteiger partial charge on any atom is -0.275 e. The quantitative estimate of drug-likeness (QED) is 0.204. The van der Waals surface area contributed by atoms with E-state index >= 15 is 0 Å². The number of nitrogens with zero attached hydrogens (tertiary/aromatic N) is 5. The van der Waals surface area contributed by atoms with Crippen molar-refractivity contribution in [2.24, 2.45) is 0 Å². The summed E-state index contributed by atoms with van der Waals surface area (Å²) in [6, 6.07) is 46.1. The van der Waals surface area contributed by atoms with Crippen LogP contribution in [0.5, 0.6) is 0 Å². The van der Waals surface area contributed by atoms with Gasteiger partial charge in [0.2, 0.25) is 5.95 Å². The van der Waals surface area contributed by atoms with Gasteiger partial charge in [-0.3, -0.25) is 4.57 Å². The molecule has 0 amide bonds. The number of fused-ring (bicyclic) bond motifs is 7. The minimum atomic E-state index is -0.232. The summed E-state index contributed by atoms with van der Waals surface area (Å²) in [5, 5.41) is 1.11. The molecule has 0 atom stereocenters. The Morgan fingerprint density at radius 2 is 1.13 bits per heavy atom. The molecule has 3 aromatic heterocycles. The third-order valence-corrected chi connectivity index (χ3v) is 9.27. The lowest BCUT2D eigenvalue weighted by Crippen LogP contribution is -2.15. The molecule has 0 spiro atoms. The second-order valence-corrected chi connectivity index (χ2v) is 12.4. The number of hydrogen-bond donors (Lipinski definition) is 0. The van der Waals surface area contributed by atoms with Crippen LogP contribution < -0.4 is 0 Å². The Kier molecular flexibility index (Phi) is 5.78. The van der Waals surface area contributed by atoms with E-state index in [0.717, 1.165) is 50.0 Å². The van der Waals surface area contributed by atoms with Gasteiger partial charge in [0, 0.05) is 27.5 Å². The van der Waals surface area contributed by atoms with Crippen LogP contribution in [0.1, 0.15) is 25.0 Å².